The lowest BCUT2D eigenvalue weighted by atomic mass is 9.79. The van der Waals surface area contributed by atoms with E-state index in [1.807, 2.05) is 60.4 Å². The molecule has 1 fully saturated rings. The predicted octanol–water partition coefficient (Wildman–Crippen LogP) is 3.03. The molecule has 4 rings (SSSR count). The number of anilines is 1. The van der Waals surface area contributed by atoms with E-state index >= 15 is 0 Å². The van der Waals surface area contributed by atoms with Crippen molar-refractivity contribution in [3.05, 3.63) is 54.1 Å². The van der Waals surface area contributed by atoms with Gasteiger partial charge in [-0.15, -0.1) is 0 Å². The highest BCUT2D eigenvalue weighted by Gasteiger charge is 2.60. The fourth-order valence-corrected chi connectivity index (χ4v) is 4.40. The Morgan fingerprint density at radius 3 is 2.59 bits per heavy atom. The quantitative estimate of drug-likeness (QED) is 0.645. The first kappa shape index (κ1) is 17.6. The Balaban J connectivity index is 1.94. The molecule has 0 radical (unpaired) electrons. The van der Waals surface area contributed by atoms with Crippen molar-refractivity contribution in [1.82, 2.24) is 5.32 Å². The number of nitrogens with one attached hydrogen (secondary N) is 1. The van der Waals surface area contributed by atoms with Gasteiger partial charge >= 0.3 is 5.97 Å². The number of hydrogen-bond acceptors (Lipinski definition) is 5. The van der Waals surface area contributed by atoms with E-state index in [1.165, 1.54) is 7.11 Å². The van der Waals surface area contributed by atoms with Gasteiger partial charge in [0.1, 0.15) is 5.92 Å². The molecule has 6 nitrogen and oxygen atoms in total. The minimum Gasteiger partial charge on any atom is -0.493 e. The van der Waals surface area contributed by atoms with E-state index in [4.69, 9.17) is 26.4 Å². The van der Waals surface area contributed by atoms with E-state index in [1.54, 1.807) is 7.11 Å². The lowest BCUT2D eigenvalue weighted by molar-refractivity contribution is -0.157. The van der Waals surface area contributed by atoms with Crippen LogP contribution in [0, 0.1) is 5.92 Å². The number of ether oxygens (including phenoxy) is 3. The minimum atomic E-state index is -1.08. The van der Waals surface area contributed by atoms with Crippen LogP contribution in [0.2, 0.25) is 0 Å². The summed E-state index contributed by atoms with van der Waals surface area (Å²) in [6.07, 6.45) is 0. The second-order valence-electron chi connectivity index (χ2n) is 6.63. The monoisotopic (exact) mass is 384 g/mol. The van der Waals surface area contributed by atoms with E-state index in [-0.39, 0.29) is 12.0 Å². The highest BCUT2D eigenvalue weighted by Crippen LogP contribution is 2.52. The molecule has 2 heterocycles. The van der Waals surface area contributed by atoms with E-state index in [9.17, 15) is 4.79 Å². The first-order chi connectivity index (χ1) is 13.0. The van der Waals surface area contributed by atoms with E-state index < -0.39 is 11.6 Å². The van der Waals surface area contributed by atoms with Crippen molar-refractivity contribution in [3.63, 3.8) is 0 Å². The molecule has 0 saturated carbocycles. The van der Waals surface area contributed by atoms with Crippen molar-refractivity contribution in [2.24, 2.45) is 5.92 Å². The summed E-state index contributed by atoms with van der Waals surface area (Å²) in [7, 11) is 2.98. The van der Waals surface area contributed by atoms with Crippen LogP contribution in [0.4, 0.5) is 5.69 Å². The molecule has 3 atom stereocenters. The van der Waals surface area contributed by atoms with Crippen LogP contribution in [-0.2, 0) is 9.53 Å². The summed E-state index contributed by atoms with van der Waals surface area (Å²) in [4.78, 5) is 14.6. The molecule has 1 N–H and O–H groups in total. The molecule has 0 aromatic heterocycles. The van der Waals surface area contributed by atoms with Crippen LogP contribution in [-0.4, -0.2) is 31.0 Å². The number of benzene rings is 2. The summed E-state index contributed by atoms with van der Waals surface area (Å²) in [5.41, 5.74) is 0.559. The first-order valence-corrected chi connectivity index (χ1v) is 9.01. The SMILES string of the molecule is COC(=O)C1C2NC(=S)N(c3ccccc3)C1(C)Oc1c(OC)cccc12. The van der Waals surface area contributed by atoms with Gasteiger partial charge in [-0.25, -0.2) is 0 Å². The zero-order chi connectivity index (χ0) is 19.2. The van der Waals surface area contributed by atoms with Gasteiger partial charge < -0.3 is 19.5 Å². The van der Waals surface area contributed by atoms with Crippen molar-refractivity contribution >= 4 is 29.0 Å². The van der Waals surface area contributed by atoms with Crippen molar-refractivity contribution in [1.29, 1.82) is 0 Å². The second kappa shape index (κ2) is 6.42. The molecule has 140 valence electrons. The van der Waals surface area contributed by atoms with Crippen LogP contribution in [0.25, 0.3) is 0 Å². The molecule has 3 unspecified atom stereocenters. The lowest BCUT2D eigenvalue weighted by Crippen LogP contribution is -2.71. The van der Waals surface area contributed by atoms with Gasteiger partial charge in [-0.3, -0.25) is 9.69 Å². The number of esters is 1. The molecule has 2 aromatic carbocycles. The average Bonchev–Trinajstić information content (AvgIpc) is 2.67. The van der Waals surface area contributed by atoms with Crippen LogP contribution in [0.5, 0.6) is 11.5 Å². The van der Waals surface area contributed by atoms with Gasteiger partial charge in [0.15, 0.2) is 16.6 Å². The maximum atomic E-state index is 12.8. The molecular formula is C20H20N2O4S. The van der Waals surface area contributed by atoms with Gasteiger partial charge in [0.25, 0.3) is 0 Å². The molecule has 0 amide bonds. The Kier molecular flexibility index (Phi) is 4.19. The van der Waals surface area contributed by atoms with Gasteiger partial charge in [0.2, 0.25) is 5.72 Å². The summed E-state index contributed by atoms with van der Waals surface area (Å²) >= 11 is 5.65. The standard InChI is InChI=1S/C20H20N2O4S/c1-20-15(18(23)25-3)16(13-10-7-11-14(24-2)17(13)26-20)21-19(27)22(20)12-8-5-4-6-9-12/h4-11,15-16H,1-3H3,(H,21,27). The number of carbonyl (C=O) groups excluding carboxylic acids is 1. The summed E-state index contributed by atoms with van der Waals surface area (Å²) in [5.74, 6) is 0.208. The molecule has 2 bridgehead atoms. The first-order valence-electron chi connectivity index (χ1n) is 8.60. The fourth-order valence-electron chi connectivity index (χ4n) is 3.98. The third-order valence-corrected chi connectivity index (χ3v) is 5.48. The van der Waals surface area contributed by atoms with Gasteiger partial charge in [0.05, 0.1) is 20.3 Å². The molecule has 27 heavy (non-hydrogen) atoms. The summed E-state index contributed by atoms with van der Waals surface area (Å²) in [5, 5.41) is 3.80. The number of carbonyl (C=O) groups is 1. The van der Waals surface area contributed by atoms with Crippen molar-refractivity contribution in [2.45, 2.75) is 18.7 Å². The Hall–Kier alpha value is -2.80. The largest absolute Gasteiger partial charge is 0.493 e. The zero-order valence-corrected chi connectivity index (χ0v) is 16.1. The Labute approximate surface area is 163 Å². The number of fused-ring (bicyclic) bond motifs is 4. The lowest BCUT2D eigenvalue weighted by Gasteiger charge is -2.55. The Bertz CT molecular complexity index is 904. The molecule has 7 heteroatoms. The van der Waals surface area contributed by atoms with E-state index in [0.29, 0.717) is 16.6 Å². The zero-order valence-electron chi connectivity index (χ0n) is 15.3. The maximum Gasteiger partial charge on any atom is 0.317 e. The third-order valence-electron chi connectivity index (χ3n) is 5.18. The highest BCUT2D eigenvalue weighted by molar-refractivity contribution is 7.80. The van der Waals surface area contributed by atoms with Crippen LogP contribution in [0.3, 0.4) is 0 Å². The molecule has 2 aliphatic heterocycles. The van der Waals surface area contributed by atoms with Crippen molar-refractivity contribution < 1.29 is 19.0 Å². The molecule has 0 spiro atoms. The molecule has 1 saturated heterocycles. The number of rotatable bonds is 3. The van der Waals surface area contributed by atoms with Crippen molar-refractivity contribution in [2.75, 3.05) is 19.1 Å². The molecule has 0 aliphatic carbocycles. The van der Waals surface area contributed by atoms with Crippen LogP contribution in [0.15, 0.2) is 48.5 Å². The molecular weight excluding hydrogens is 364 g/mol. The smallest absolute Gasteiger partial charge is 0.317 e. The maximum absolute atomic E-state index is 12.8. The minimum absolute atomic E-state index is 0.369. The van der Waals surface area contributed by atoms with E-state index in [0.717, 1.165) is 11.3 Å². The fraction of sp³-hybridized carbons (Fsp3) is 0.300. The number of nitrogens with zero attached hydrogens (tertiary/aromatic N) is 1. The van der Waals surface area contributed by atoms with Crippen molar-refractivity contribution in [3.8, 4) is 11.5 Å². The Morgan fingerprint density at radius 2 is 1.93 bits per heavy atom. The highest BCUT2D eigenvalue weighted by atomic mass is 32.1. The number of hydrogen-bond donors (Lipinski definition) is 1. The average molecular weight is 384 g/mol. The van der Waals surface area contributed by atoms with Gasteiger partial charge in [0, 0.05) is 11.3 Å². The number of thiocarbonyl (C=S) groups is 1. The predicted molar refractivity (Wildman–Crippen MR) is 105 cm³/mol. The van der Waals surface area contributed by atoms with Crippen LogP contribution >= 0.6 is 12.2 Å². The van der Waals surface area contributed by atoms with Gasteiger partial charge in [-0.1, -0.05) is 30.3 Å². The molecule has 2 aliphatic rings. The summed E-state index contributed by atoms with van der Waals surface area (Å²) in [6, 6.07) is 14.8. The summed E-state index contributed by atoms with van der Waals surface area (Å²) in [6.45, 7) is 1.86. The number of methoxy groups -OCH3 is 2. The van der Waals surface area contributed by atoms with Gasteiger partial charge in [-0.2, -0.15) is 0 Å². The second-order valence-corrected chi connectivity index (χ2v) is 7.02. The summed E-state index contributed by atoms with van der Waals surface area (Å²) < 4.78 is 17.1. The normalized spacial score (nSPS) is 25.7. The number of para-hydroxylation sites is 2. The van der Waals surface area contributed by atoms with Crippen LogP contribution in [0.1, 0.15) is 18.5 Å². The topological polar surface area (TPSA) is 60.0 Å². The van der Waals surface area contributed by atoms with Gasteiger partial charge in [-0.05, 0) is 37.3 Å². The van der Waals surface area contributed by atoms with E-state index in [2.05, 4.69) is 5.32 Å². The Morgan fingerprint density at radius 1 is 1.19 bits per heavy atom. The third kappa shape index (κ3) is 2.53. The van der Waals surface area contributed by atoms with Crippen LogP contribution < -0.4 is 19.7 Å². The molecule has 2 aromatic rings.